The van der Waals surface area contributed by atoms with Crippen LogP contribution in [-0.4, -0.2) is 34.7 Å². The molecular weight excluding hydrogens is 513 g/mol. The molecule has 3 heterocycles. The van der Waals surface area contributed by atoms with Gasteiger partial charge < -0.3 is 15.0 Å². The molecule has 1 N–H and O–H groups in total. The number of fused-ring (bicyclic) bond motifs is 1. The van der Waals surface area contributed by atoms with E-state index in [0.29, 0.717) is 24.6 Å². The van der Waals surface area contributed by atoms with Gasteiger partial charge in [0.1, 0.15) is 11.4 Å². The van der Waals surface area contributed by atoms with E-state index in [9.17, 15) is 18.0 Å². The first-order valence-corrected chi connectivity index (χ1v) is 13.5. The Kier molecular flexibility index (Phi) is 7.34. The van der Waals surface area contributed by atoms with E-state index < -0.39 is 6.36 Å². The first-order chi connectivity index (χ1) is 18.2. The Bertz CT molecular complexity index is 1400. The fraction of sp³-hybridized carbons (Fsp3) is 0.357. The second kappa shape index (κ2) is 10.7. The molecule has 2 aromatic heterocycles. The zero-order chi connectivity index (χ0) is 26.9. The van der Waals surface area contributed by atoms with E-state index in [2.05, 4.69) is 32.1 Å². The summed E-state index contributed by atoms with van der Waals surface area (Å²) in [5.41, 5.74) is 4.57. The van der Waals surface area contributed by atoms with Crippen molar-refractivity contribution in [2.75, 3.05) is 18.0 Å². The second-order valence-corrected chi connectivity index (χ2v) is 10.7. The van der Waals surface area contributed by atoms with Crippen LogP contribution in [-0.2, 0) is 13.0 Å². The lowest BCUT2D eigenvalue weighted by atomic mass is 9.89. The van der Waals surface area contributed by atoms with Crippen molar-refractivity contribution in [3.8, 4) is 5.75 Å². The number of aryl methyl sites for hydroxylation is 2. The number of alkyl halides is 3. The van der Waals surface area contributed by atoms with Crippen LogP contribution in [0.3, 0.4) is 0 Å². The number of anilines is 1. The van der Waals surface area contributed by atoms with Crippen LogP contribution in [0.1, 0.15) is 57.9 Å². The summed E-state index contributed by atoms with van der Waals surface area (Å²) < 4.78 is 43.0. The van der Waals surface area contributed by atoms with Gasteiger partial charge in [0.15, 0.2) is 4.96 Å². The maximum atomic E-state index is 13.0. The summed E-state index contributed by atoms with van der Waals surface area (Å²) in [7, 11) is 0. The van der Waals surface area contributed by atoms with Gasteiger partial charge in [0.05, 0.1) is 5.69 Å². The molecule has 0 radical (unpaired) electrons. The van der Waals surface area contributed by atoms with Crippen molar-refractivity contribution in [3.63, 3.8) is 0 Å². The van der Waals surface area contributed by atoms with E-state index in [4.69, 9.17) is 0 Å². The van der Waals surface area contributed by atoms with Crippen molar-refractivity contribution in [2.24, 2.45) is 0 Å². The number of nitrogens with zero attached hydrogens (tertiary/aromatic N) is 3. The van der Waals surface area contributed by atoms with Gasteiger partial charge >= 0.3 is 6.36 Å². The lowest BCUT2D eigenvalue weighted by Gasteiger charge is -2.34. The van der Waals surface area contributed by atoms with Crippen LogP contribution in [0.5, 0.6) is 5.75 Å². The predicted octanol–water partition coefficient (Wildman–Crippen LogP) is 6.48. The van der Waals surface area contributed by atoms with Crippen LogP contribution in [0.2, 0.25) is 0 Å². The number of nitrogens with one attached hydrogen (secondary N) is 1. The normalized spacial score (nSPS) is 14.7. The maximum absolute atomic E-state index is 13.0. The maximum Gasteiger partial charge on any atom is 0.573 e. The average molecular weight is 543 g/mol. The molecule has 38 heavy (non-hydrogen) atoms. The molecule has 0 aliphatic carbocycles. The number of hydrogen-bond acceptors (Lipinski definition) is 5. The molecule has 4 aromatic rings. The fourth-order valence-electron chi connectivity index (χ4n) is 4.99. The standard InChI is InChI=1S/C28H29F3N4O2S/c1-3-24-25(35-17-18(2)38-27(35)33-24)26(36)32-16-19-4-8-22(9-5-19)34-14-12-21(13-15-34)20-6-10-23(11-7-20)37-28(29,30)31/h4-11,17,21H,3,12-16H2,1-2H3,(H,32,36). The number of carbonyl (C=O) groups is 1. The van der Waals surface area contributed by atoms with E-state index in [1.54, 1.807) is 23.5 Å². The van der Waals surface area contributed by atoms with Crippen LogP contribution in [0, 0.1) is 6.92 Å². The smallest absolute Gasteiger partial charge is 0.406 e. The first kappa shape index (κ1) is 26.1. The number of amides is 1. The largest absolute Gasteiger partial charge is 0.573 e. The Labute approximate surface area is 223 Å². The molecule has 0 atom stereocenters. The number of ether oxygens (including phenoxy) is 1. The molecule has 1 amide bonds. The van der Waals surface area contributed by atoms with E-state index in [0.717, 1.165) is 58.3 Å². The highest BCUT2D eigenvalue weighted by Crippen LogP contribution is 2.32. The summed E-state index contributed by atoms with van der Waals surface area (Å²) in [6.07, 6.45) is -0.198. The van der Waals surface area contributed by atoms with Crippen molar-refractivity contribution in [1.82, 2.24) is 14.7 Å². The number of rotatable bonds is 7. The summed E-state index contributed by atoms with van der Waals surface area (Å²) in [6.45, 7) is 6.15. The highest BCUT2D eigenvalue weighted by atomic mass is 32.1. The van der Waals surface area contributed by atoms with Crippen molar-refractivity contribution < 1.29 is 22.7 Å². The van der Waals surface area contributed by atoms with E-state index in [-0.39, 0.29) is 11.7 Å². The van der Waals surface area contributed by atoms with Crippen LogP contribution in [0.15, 0.2) is 54.7 Å². The topological polar surface area (TPSA) is 58.9 Å². The third kappa shape index (κ3) is 5.80. The Morgan fingerprint density at radius 3 is 2.42 bits per heavy atom. The van der Waals surface area contributed by atoms with Crippen molar-refractivity contribution in [1.29, 1.82) is 0 Å². The summed E-state index contributed by atoms with van der Waals surface area (Å²) in [5, 5.41) is 3.04. The van der Waals surface area contributed by atoms with Gasteiger partial charge in [-0.05, 0) is 67.5 Å². The summed E-state index contributed by atoms with van der Waals surface area (Å²) in [4.78, 5) is 21.9. The van der Waals surface area contributed by atoms with E-state index in [1.807, 2.05) is 36.6 Å². The van der Waals surface area contributed by atoms with Gasteiger partial charge in [-0.3, -0.25) is 9.20 Å². The zero-order valence-electron chi connectivity index (χ0n) is 21.2. The number of imidazole rings is 1. The summed E-state index contributed by atoms with van der Waals surface area (Å²) in [6, 6.07) is 14.4. The molecule has 0 saturated carbocycles. The monoisotopic (exact) mass is 542 g/mol. The van der Waals surface area contributed by atoms with Gasteiger partial charge in [-0.1, -0.05) is 31.2 Å². The highest BCUT2D eigenvalue weighted by molar-refractivity contribution is 7.17. The molecule has 1 aliphatic heterocycles. The number of benzene rings is 2. The van der Waals surface area contributed by atoms with Gasteiger partial charge in [-0.2, -0.15) is 0 Å². The number of carbonyl (C=O) groups excluding carboxylic acids is 1. The summed E-state index contributed by atoms with van der Waals surface area (Å²) >= 11 is 1.58. The van der Waals surface area contributed by atoms with Crippen molar-refractivity contribution >= 4 is 27.9 Å². The second-order valence-electron chi connectivity index (χ2n) is 9.48. The first-order valence-electron chi connectivity index (χ1n) is 12.7. The predicted molar refractivity (Wildman–Crippen MR) is 142 cm³/mol. The SMILES string of the molecule is CCc1nc2sc(C)cn2c1C(=O)NCc1ccc(N2CCC(c3ccc(OC(F)(F)F)cc3)CC2)cc1. The molecule has 5 rings (SSSR count). The van der Waals surface area contributed by atoms with E-state index >= 15 is 0 Å². The third-order valence-electron chi connectivity index (χ3n) is 6.90. The van der Waals surface area contributed by atoms with Gasteiger partial charge in [0.25, 0.3) is 5.91 Å². The Hall–Kier alpha value is -3.53. The van der Waals surface area contributed by atoms with Crippen molar-refractivity contribution in [3.05, 3.63) is 82.1 Å². The van der Waals surface area contributed by atoms with Gasteiger partial charge in [-0.15, -0.1) is 24.5 Å². The van der Waals surface area contributed by atoms with Crippen molar-refractivity contribution in [2.45, 2.75) is 51.9 Å². The molecular formula is C28H29F3N4O2S. The molecule has 0 spiro atoms. The lowest BCUT2D eigenvalue weighted by Crippen LogP contribution is -2.32. The molecule has 1 fully saturated rings. The molecule has 2 aromatic carbocycles. The third-order valence-corrected chi connectivity index (χ3v) is 7.80. The quantitative estimate of drug-likeness (QED) is 0.291. The summed E-state index contributed by atoms with van der Waals surface area (Å²) in [5.74, 6) is -0.0205. The fourth-order valence-corrected chi connectivity index (χ4v) is 5.84. The molecule has 0 unspecified atom stereocenters. The molecule has 1 saturated heterocycles. The minimum Gasteiger partial charge on any atom is -0.406 e. The van der Waals surface area contributed by atoms with Gasteiger partial charge in [0, 0.05) is 36.4 Å². The zero-order valence-corrected chi connectivity index (χ0v) is 22.0. The number of thiazole rings is 1. The Morgan fingerprint density at radius 1 is 1.11 bits per heavy atom. The number of aromatic nitrogens is 2. The lowest BCUT2D eigenvalue weighted by molar-refractivity contribution is -0.274. The van der Waals surface area contributed by atoms with Crippen LogP contribution in [0.25, 0.3) is 4.96 Å². The number of halogens is 3. The minimum atomic E-state index is -4.68. The Balaban J connectivity index is 1.15. The van der Waals surface area contributed by atoms with Gasteiger partial charge in [0.2, 0.25) is 0 Å². The molecule has 10 heteroatoms. The van der Waals surface area contributed by atoms with Crippen LogP contribution >= 0.6 is 11.3 Å². The van der Waals surface area contributed by atoms with Crippen LogP contribution in [0.4, 0.5) is 18.9 Å². The minimum absolute atomic E-state index is 0.128. The van der Waals surface area contributed by atoms with E-state index in [1.165, 1.54) is 12.1 Å². The average Bonchev–Trinajstić information content (AvgIpc) is 3.42. The highest BCUT2D eigenvalue weighted by Gasteiger charge is 2.31. The molecule has 0 bridgehead atoms. The van der Waals surface area contributed by atoms with Crippen LogP contribution < -0.4 is 15.0 Å². The molecule has 6 nitrogen and oxygen atoms in total. The molecule has 1 aliphatic rings. The number of hydrogen-bond donors (Lipinski definition) is 1. The number of piperidine rings is 1. The molecule has 200 valence electrons. The van der Waals surface area contributed by atoms with Gasteiger partial charge in [-0.25, -0.2) is 4.98 Å². The Morgan fingerprint density at radius 2 is 1.79 bits per heavy atom.